The number of benzene rings is 2. The van der Waals surface area contributed by atoms with Gasteiger partial charge in [-0.05, 0) is 42.0 Å². The molecule has 2 heterocycles. The topological polar surface area (TPSA) is 71.6 Å². The van der Waals surface area contributed by atoms with E-state index in [4.69, 9.17) is 33.3 Å². The van der Waals surface area contributed by atoms with Crippen LogP contribution in [-0.4, -0.2) is 24.2 Å². The molecule has 2 aromatic rings. The highest BCUT2D eigenvalue weighted by Gasteiger charge is 2.37. The lowest BCUT2D eigenvalue weighted by Gasteiger charge is -2.35. The second-order valence-corrected chi connectivity index (χ2v) is 7.27. The summed E-state index contributed by atoms with van der Waals surface area (Å²) in [5.41, 5.74) is 1.89. The van der Waals surface area contributed by atoms with Crippen molar-refractivity contribution in [3.05, 3.63) is 65.3 Å². The summed E-state index contributed by atoms with van der Waals surface area (Å²) < 4.78 is 11.3. The minimum atomic E-state index is -0.620. The Labute approximate surface area is 172 Å². The average Bonchev–Trinajstić information content (AvgIpc) is 2.68. The van der Waals surface area contributed by atoms with Crippen molar-refractivity contribution in [1.29, 1.82) is 0 Å². The molecule has 0 bridgehead atoms. The van der Waals surface area contributed by atoms with Crippen LogP contribution in [0.5, 0.6) is 11.5 Å². The number of ether oxygens (including phenoxy) is 2. The van der Waals surface area contributed by atoms with Crippen LogP contribution in [0.25, 0.3) is 0 Å². The zero-order valence-electron chi connectivity index (χ0n) is 14.8. The van der Waals surface area contributed by atoms with Gasteiger partial charge in [0.2, 0.25) is 5.91 Å². The Kier molecular flexibility index (Phi) is 5.11. The number of thiocarbonyl (C=S) groups is 1. The number of carbonyl (C=O) groups is 1. The summed E-state index contributed by atoms with van der Waals surface area (Å²) in [6, 6.07) is 12.2. The van der Waals surface area contributed by atoms with Gasteiger partial charge in [-0.1, -0.05) is 36.4 Å². The van der Waals surface area contributed by atoms with Crippen molar-refractivity contribution in [2.75, 3.05) is 18.5 Å². The van der Waals surface area contributed by atoms with Gasteiger partial charge in [-0.3, -0.25) is 4.79 Å². The summed E-state index contributed by atoms with van der Waals surface area (Å²) in [4.78, 5) is 13.1. The van der Waals surface area contributed by atoms with Gasteiger partial charge in [-0.25, -0.2) is 0 Å². The molecule has 2 aliphatic rings. The first-order valence-corrected chi connectivity index (χ1v) is 9.53. The summed E-state index contributed by atoms with van der Waals surface area (Å²) in [6.07, 6.45) is 0. The van der Waals surface area contributed by atoms with E-state index < -0.39 is 12.0 Å². The Morgan fingerprint density at radius 2 is 1.93 bits per heavy atom. The molecule has 0 aromatic heterocycles. The first-order valence-electron chi connectivity index (χ1n) is 8.74. The molecule has 0 radical (unpaired) electrons. The third kappa shape index (κ3) is 3.63. The molecule has 3 N–H and O–H groups in total. The summed E-state index contributed by atoms with van der Waals surface area (Å²) >= 11 is 11.5. The molecule has 4 rings (SSSR count). The lowest BCUT2D eigenvalue weighted by atomic mass is 9.88. The molecule has 2 aromatic carbocycles. The van der Waals surface area contributed by atoms with Gasteiger partial charge in [0.25, 0.3) is 0 Å². The maximum Gasteiger partial charge on any atom is 0.235 e. The Bertz CT molecular complexity index is 965. The molecule has 144 valence electrons. The van der Waals surface area contributed by atoms with Crippen LogP contribution in [0.15, 0.2) is 54.7 Å². The quantitative estimate of drug-likeness (QED) is 0.667. The van der Waals surface area contributed by atoms with Crippen LogP contribution in [-0.2, 0) is 4.79 Å². The van der Waals surface area contributed by atoms with E-state index in [0.29, 0.717) is 46.2 Å². The van der Waals surface area contributed by atoms with Gasteiger partial charge in [0.15, 0.2) is 16.6 Å². The van der Waals surface area contributed by atoms with Crippen LogP contribution in [0.2, 0.25) is 5.02 Å². The van der Waals surface area contributed by atoms with Crippen molar-refractivity contribution in [2.45, 2.75) is 6.04 Å². The largest absolute Gasteiger partial charge is 0.486 e. The lowest BCUT2D eigenvalue weighted by molar-refractivity contribution is -0.119. The number of halogens is 1. The zero-order valence-corrected chi connectivity index (χ0v) is 16.4. The highest BCUT2D eigenvalue weighted by Crippen LogP contribution is 2.37. The van der Waals surface area contributed by atoms with Crippen LogP contribution in [0.3, 0.4) is 0 Å². The minimum absolute atomic E-state index is 0.250. The van der Waals surface area contributed by atoms with Gasteiger partial charge < -0.3 is 25.4 Å². The average molecular weight is 416 g/mol. The van der Waals surface area contributed by atoms with Gasteiger partial charge in [-0.15, -0.1) is 0 Å². The lowest BCUT2D eigenvalue weighted by Crippen LogP contribution is -2.51. The van der Waals surface area contributed by atoms with E-state index in [1.54, 1.807) is 24.3 Å². The normalized spacial score (nSPS) is 20.8. The minimum Gasteiger partial charge on any atom is -0.486 e. The molecular weight excluding hydrogens is 398 g/mol. The van der Waals surface area contributed by atoms with Crippen LogP contribution >= 0.6 is 23.8 Å². The standard InChI is InChI=1S/C20H18ClN3O3S/c1-11-17(19(25)23-14-5-3-2-4-13(14)21)18(24-20(28)22-11)12-6-7-15-16(10-12)27-9-8-26-15/h2-7,10,17-18H,1,8-9H2,(H,23,25)(H2,22,24,28)/t17-,18+/m0/s1. The van der Waals surface area contributed by atoms with Gasteiger partial charge in [0, 0.05) is 5.70 Å². The van der Waals surface area contributed by atoms with Crippen molar-refractivity contribution in [2.24, 2.45) is 5.92 Å². The molecule has 8 heteroatoms. The third-order valence-corrected chi connectivity index (χ3v) is 5.16. The fraction of sp³-hybridized carbons (Fsp3) is 0.200. The van der Waals surface area contributed by atoms with Crippen LogP contribution in [0.4, 0.5) is 5.69 Å². The highest BCUT2D eigenvalue weighted by atomic mass is 35.5. The maximum absolute atomic E-state index is 13.1. The molecule has 1 saturated heterocycles. The Morgan fingerprint density at radius 1 is 1.18 bits per heavy atom. The molecule has 6 nitrogen and oxygen atoms in total. The molecule has 1 amide bonds. The number of amides is 1. The number of nitrogens with one attached hydrogen (secondary N) is 3. The first-order chi connectivity index (χ1) is 13.5. The molecule has 28 heavy (non-hydrogen) atoms. The Morgan fingerprint density at radius 3 is 2.71 bits per heavy atom. The first kappa shape index (κ1) is 18.6. The second kappa shape index (κ2) is 7.69. The molecule has 0 saturated carbocycles. The molecular formula is C20H18ClN3O3S. The van der Waals surface area contributed by atoms with Crippen LogP contribution in [0, 0.1) is 5.92 Å². The summed E-state index contributed by atoms with van der Waals surface area (Å²) in [5, 5.41) is 9.87. The molecule has 0 aliphatic carbocycles. The van der Waals surface area contributed by atoms with E-state index in [0.717, 1.165) is 5.56 Å². The number of hydrogen-bond donors (Lipinski definition) is 3. The number of fused-ring (bicyclic) bond motifs is 1. The fourth-order valence-corrected chi connectivity index (χ4v) is 3.74. The SMILES string of the molecule is C=C1NC(=S)N[C@H](c2ccc3c(c2)OCCO3)[C@H]1C(=O)Nc1ccccc1Cl. The van der Waals surface area contributed by atoms with E-state index in [9.17, 15) is 4.79 Å². The van der Waals surface area contributed by atoms with E-state index in [1.807, 2.05) is 18.2 Å². The summed E-state index contributed by atoms with van der Waals surface area (Å²) in [7, 11) is 0. The monoisotopic (exact) mass is 415 g/mol. The predicted octanol–water partition coefficient (Wildman–Crippen LogP) is 3.40. The van der Waals surface area contributed by atoms with Crippen molar-refractivity contribution in [3.8, 4) is 11.5 Å². The van der Waals surface area contributed by atoms with Crippen LogP contribution < -0.4 is 25.4 Å². The molecule has 0 spiro atoms. The molecule has 1 fully saturated rings. The summed E-state index contributed by atoms with van der Waals surface area (Å²) in [6.45, 7) is 5.01. The smallest absolute Gasteiger partial charge is 0.235 e. The second-order valence-electron chi connectivity index (χ2n) is 6.45. The van der Waals surface area contributed by atoms with E-state index >= 15 is 0 Å². The number of carbonyl (C=O) groups excluding carboxylic acids is 1. The van der Waals surface area contributed by atoms with Gasteiger partial charge in [0.05, 0.1) is 16.8 Å². The van der Waals surface area contributed by atoms with Crippen LogP contribution in [0.1, 0.15) is 11.6 Å². The zero-order chi connectivity index (χ0) is 19.7. The predicted molar refractivity (Wildman–Crippen MR) is 112 cm³/mol. The summed E-state index contributed by atoms with van der Waals surface area (Å²) in [5.74, 6) is 0.458. The highest BCUT2D eigenvalue weighted by molar-refractivity contribution is 7.80. The van der Waals surface area contributed by atoms with Crippen molar-refractivity contribution >= 4 is 40.5 Å². The van der Waals surface area contributed by atoms with Gasteiger partial charge in [-0.2, -0.15) is 0 Å². The molecule has 2 aliphatic heterocycles. The van der Waals surface area contributed by atoms with Gasteiger partial charge >= 0.3 is 0 Å². The van der Waals surface area contributed by atoms with E-state index in [2.05, 4.69) is 22.5 Å². The van der Waals surface area contributed by atoms with Gasteiger partial charge in [0.1, 0.15) is 19.1 Å². The Hall–Kier alpha value is -2.77. The Balaban J connectivity index is 1.65. The third-order valence-electron chi connectivity index (χ3n) is 4.61. The van der Waals surface area contributed by atoms with Crippen molar-refractivity contribution in [3.63, 3.8) is 0 Å². The van der Waals surface area contributed by atoms with Crippen molar-refractivity contribution < 1.29 is 14.3 Å². The maximum atomic E-state index is 13.1. The van der Waals surface area contributed by atoms with E-state index in [-0.39, 0.29) is 5.91 Å². The molecule has 0 unspecified atom stereocenters. The van der Waals surface area contributed by atoms with E-state index in [1.165, 1.54) is 0 Å². The number of para-hydroxylation sites is 1. The number of hydrogen-bond acceptors (Lipinski definition) is 4. The number of anilines is 1. The van der Waals surface area contributed by atoms with Crippen molar-refractivity contribution in [1.82, 2.24) is 10.6 Å². The number of rotatable bonds is 3. The molecule has 2 atom stereocenters. The fourth-order valence-electron chi connectivity index (χ4n) is 3.30.